The van der Waals surface area contributed by atoms with Gasteiger partial charge in [-0.15, -0.1) is 0 Å². The maximum atomic E-state index is 12.5. The van der Waals surface area contributed by atoms with Crippen LogP contribution in [0.25, 0.3) is 0 Å². The molecule has 0 aliphatic carbocycles. The van der Waals surface area contributed by atoms with E-state index in [0.717, 1.165) is 18.5 Å². The van der Waals surface area contributed by atoms with Crippen LogP contribution in [0, 0.1) is 0 Å². The third kappa shape index (κ3) is 5.46. The normalized spacial score (nSPS) is 11.9. The monoisotopic (exact) mass is 367 g/mol. The van der Waals surface area contributed by atoms with Crippen LogP contribution in [-0.2, 0) is 17.8 Å². The number of benzene rings is 1. The highest BCUT2D eigenvalue weighted by molar-refractivity contribution is 6.30. The third-order valence-electron chi connectivity index (χ3n) is 4.36. The lowest BCUT2D eigenvalue weighted by Crippen LogP contribution is -2.28. The van der Waals surface area contributed by atoms with Gasteiger partial charge in [0.25, 0.3) is 0 Å². The molecule has 0 fully saturated rings. The SMILES string of the molecule is O=C(CC(Cn1cccc1)c1ccc(Cl)cc1)NCCc1ccncc1. The van der Waals surface area contributed by atoms with E-state index in [2.05, 4.69) is 14.9 Å². The van der Waals surface area contributed by atoms with E-state index in [1.54, 1.807) is 12.4 Å². The molecule has 1 aromatic carbocycles. The Balaban J connectivity index is 1.59. The van der Waals surface area contributed by atoms with Crippen LogP contribution < -0.4 is 5.32 Å². The fourth-order valence-corrected chi connectivity index (χ4v) is 3.09. The Bertz CT molecular complexity index is 801. The molecule has 2 heterocycles. The summed E-state index contributed by atoms with van der Waals surface area (Å²) in [6.45, 7) is 1.38. The summed E-state index contributed by atoms with van der Waals surface area (Å²) >= 11 is 6.00. The molecule has 3 aromatic rings. The van der Waals surface area contributed by atoms with E-state index in [-0.39, 0.29) is 11.8 Å². The number of nitrogens with zero attached hydrogens (tertiary/aromatic N) is 2. The Morgan fingerprint density at radius 2 is 1.77 bits per heavy atom. The Hall–Kier alpha value is -2.59. The van der Waals surface area contributed by atoms with Crippen molar-refractivity contribution in [2.24, 2.45) is 0 Å². The predicted molar refractivity (Wildman–Crippen MR) is 104 cm³/mol. The quantitative estimate of drug-likeness (QED) is 0.652. The van der Waals surface area contributed by atoms with Gasteiger partial charge in [0, 0.05) is 55.2 Å². The minimum atomic E-state index is 0.0613. The van der Waals surface area contributed by atoms with Crippen molar-refractivity contribution in [2.75, 3.05) is 6.54 Å². The highest BCUT2D eigenvalue weighted by Gasteiger charge is 2.16. The molecular weight excluding hydrogens is 346 g/mol. The summed E-state index contributed by atoms with van der Waals surface area (Å²) in [5, 5.41) is 3.73. The van der Waals surface area contributed by atoms with Crippen molar-refractivity contribution in [2.45, 2.75) is 25.3 Å². The van der Waals surface area contributed by atoms with Crippen molar-refractivity contribution in [3.63, 3.8) is 0 Å². The fourth-order valence-electron chi connectivity index (χ4n) is 2.96. The summed E-state index contributed by atoms with van der Waals surface area (Å²) in [5.41, 5.74) is 2.29. The molecule has 0 aliphatic heterocycles. The van der Waals surface area contributed by atoms with Crippen LogP contribution in [0.15, 0.2) is 73.3 Å². The van der Waals surface area contributed by atoms with Crippen molar-refractivity contribution >= 4 is 17.5 Å². The molecule has 0 radical (unpaired) electrons. The Labute approximate surface area is 158 Å². The van der Waals surface area contributed by atoms with Gasteiger partial charge in [0.15, 0.2) is 0 Å². The molecule has 0 bridgehead atoms. The van der Waals surface area contributed by atoms with Gasteiger partial charge >= 0.3 is 0 Å². The van der Waals surface area contributed by atoms with Gasteiger partial charge in [-0.05, 0) is 53.9 Å². The molecule has 4 nitrogen and oxygen atoms in total. The lowest BCUT2D eigenvalue weighted by Gasteiger charge is -2.18. The summed E-state index contributed by atoms with van der Waals surface area (Å²) in [4.78, 5) is 16.5. The van der Waals surface area contributed by atoms with Gasteiger partial charge in [-0.1, -0.05) is 23.7 Å². The highest BCUT2D eigenvalue weighted by Crippen LogP contribution is 2.23. The molecule has 1 amide bonds. The van der Waals surface area contributed by atoms with Crippen molar-refractivity contribution in [1.82, 2.24) is 14.9 Å². The molecule has 0 aliphatic rings. The van der Waals surface area contributed by atoms with Gasteiger partial charge in [0.05, 0.1) is 0 Å². The van der Waals surface area contributed by atoms with E-state index in [9.17, 15) is 4.79 Å². The average molecular weight is 368 g/mol. The minimum Gasteiger partial charge on any atom is -0.356 e. The first-order valence-corrected chi connectivity index (χ1v) is 9.10. The predicted octanol–water partition coefficient (Wildman–Crippen LogP) is 4.07. The van der Waals surface area contributed by atoms with E-state index < -0.39 is 0 Å². The van der Waals surface area contributed by atoms with E-state index in [1.807, 2.05) is 60.9 Å². The van der Waals surface area contributed by atoms with Crippen LogP contribution >= 0.6 is 11.6 Å². The first-order chi connectivity index (χ1) is 12.7. The molecule has 1 atom stereocenters. The van der Waals surface area contributed by atoms with Crippen LogP contribution in [0.3, 0.4) is 0 Å². The molecule has 0 saturated carbocycles. The number of hydrogen-bond acceptors (Lipinski definition) is 2. The summed E-state index contributed by atoms with van der Waals surface area (Å²) in [5.74, 6) is 0.159. The van der Waals surface area contributed by atoms with Crippen LogP contribution in [0.5, 0.6) is 0 Å². The number of carbonyl (C=O) groups is 1. The number of carbonyl (C=O) groups excluding carboxylic acids is 1. The maximum Gasteiger partial charge on any atom is 0.220 e. The Morgan fingerprint density at radius 1 is 1.08 bits per heavy atom. The molecule has 2 aromatic heterocycles. The lowest BCUT2D eigenvalue weighted by molar-refractivity contribution is -0.121. The number of halogens is 1. The fraction of sp³-hybridized carbons (Fsp3) is 0.238. The zero-order valence-corrected chi connectivity index (χ0v) is 15.3. The standard InChI is InChI=1S/C21H22ClN3O/c22-20-5-3-18(4-6-20)19(16-25-13-1-2-14-25)15-21(26)24-12-9-17-7-10-23-11-8-17/h1-8,10-11,13-14,19H,9,12,15-16H2,(H,24,26). The molecule has 5 heteroatoms. The number of aromatic nitrogens is 2. The van der Waals surface area contributed by atoms with E-state index in [4.69, 9.17) is 11.6 Å². The number of amides is 1. The zero-order valence-electron chi connectivity index (χ0n) is 14.5. The first-order valence-electron chi connectivity index (χ1n) is 8.72. The van der Waals surface area contributed by atoms with Gasteiger partial charge in [-0.25, -0.2) is 0 Å². The average Bonchev–Trinajstić information content (AvgIpc) is 3.16. The van der Waals surface area contributed by atoms with E-state index >= 15 is 0 Å². The molecule has 26 heavy (non-hydrogen) atoms. The molecule has 3 rings (SSSR count). The molecule has 1 unspecified atom stereocenters. The lowest BCUT2D eigenvalue weighted by atomic mass is 9.95. The van der Waals surface area contributed by atoms with Crippen LogP contribution in [0.2, 0.25) is 5.02 Å². The van der Waals surface area contributed by atoms with E-state index in [1.165, 1.54) is 5.56 Å². The highest BCUT2D eigenvalue weighted by atomic mass is 35.5. The third-order valence-corrected chi connectivity index (χ3v) is 4.61. The van der Waals surface area contributed by atoms with Gasteiger partial charge in [0.2, 0.25) is 5.91 Å². The summed E-state index contributed by atoms with van der Waals surface area (Å²) in [6.07, 6.45) is 8.82. The van der Waals surface area contributed by atoms with Crippen LogP contribution in [-0.4, -0.2) is 22.0 Å². The smallest absolute Gasteiger partial charge is 0.220 e. The number of rotatable bonds is 8. The van der Waals surface area contributed by atoms with Crippen molar-refractivity contribution in [1.29, 1.82) is 0 Å². The number of nitrogens with one attached hydrogen (secondary N) is 1. The van der Waals surface area contributed by atoms with Crippen molar-refractivity contribution in [3.05, 3.63) is 89.5 Å². The van der Waals surface area contributed by atoms with Gasteiger partial charge < -0.3 is 9.88 Å². The maximum absolute atomic E-state index is 12.5. The molecular formula is C21H22ClN3O. The topological polar surface area (TPSA) is 46.9 Å². The van der Waals surface area contributed by atoms with Gasteiger partial charge in [-0.3, -0.25) is 9.78 Å². The largest absolute Gasteiger partial charge is 0.356 e. The summed E-state index contributed by atoms with van der Waals surface area (Å²) < 4.78 is 2.10. The summed E-state index contributed by atoms with van der Waals surface area (Å²) in [6, 6.07) is 15.7. The second-order valence-electron chi connectivity index (χ2n) is 6.29. The Kier molecular flexibility index (Phi) is 6.45. The van der Waals surface area contributed by atoms with Crippen molar-refractivity contribution < 1.29 is 4.79 Å². The summed E-state index contributed by atoms with van der Waals surface area (Å²) in [7, 11) is 0. The number of hydrogen-bond donors (Lipinski definition) is 1. The second-order valence-corrected chi connectivity index (χ2v) is 6.72. The van der Waals surface area contributed by atoms with Gasteiger partial charge in [-0.2, -0.15) is 0 Å². The van der Waals surface area contributed by atoms with Crippen LogP contribution in [0.4, 0.5) is 0 Å². The van der Waals surface area contributed by atoms with E-state index in [0.29, 0.717) is 18.0 Å². The molecule has 1 N–H and O–H groups in total. The van der Waals surface area contributed by atoms with Gasteiger partial charge in [0.1, 0.15) is 0 Å². The molecule has 0 saturated heterocycles. The molecule has 0 spiro atoms. The second kappa shape index (κ2) is 9.20. The Morgan fingerprint density at radius 3 is 2.46 bits per heavy atom. The minimum absolute atomic E-state index is 0.0613. The van der Waals surface area contributed by atoms with Crippen molar-refractivity contribution in [3.8, 4) is 0 Å². The zero-order chi connectivity index (χ0) is 18.2. The first kappa shape index (κ1) is 18.2. The number of pyridine rings is 1. The molecule has 134 valence electrons. The van der Waals surface area contributed by atoms with Crippen LogP contribution in [0.1, 0.15) is 23.5 Å².